The lowest BCUT2D eigenvalue weighted by atomic mass is 9.89. The summed E-state index contributed by atoms with van der Waals surface area (Å²) in [6, 6.07) is 3.86. The molecule has 0 radical (unpaired) electrons. The van der Waals surface area contributed by atoms with Gasteiger partial charge in [-0.05, 0) is 49.7 Å². The SMILES string of the molecule is CC1CCN(c2nnc(SCC(=O)NCC3CCCCC3)n2Cc2ccco2)CC1. The third kappa shape index (κ3) is 5.59. The molecule has 8 heteroatoms. The van der Waals surface area contributed by atoms with Gasteiger partial charge >= 0.3 is 0 Å². The number of amides is 1. The molecule has 0 atom stereocenters. The molecule has 3 heterocycles. The highest BCUT2D eigenvalue weighted by molar-refractivity contribution is 7.99. The van der Waals surface area contributed by atoms with Gasteiger partial charge in [0.1, 0.15) is 5.76 Å². The summed E-state index contributed by atoms with van der Waals surface area (Å²) in [5.41, 5.74) is 0. The Labute approximate surface area is 183 Å². The summed E-state index contributed by atoms with van der Waals surface area (Å²) in [6.07, 6.45) is 10.4. The Hall–Kier alpha value is -1.96. The molecule has 1 amide bonds. The number of furan rings is 1. The second-order valence-corrected chi connectivity index (χ2v) is 9.66. The van der Waals surface area contributed by atoms with Gasteiger partial charge in [-0.3, -0.25) is 9.36 Å². The Balaban J connectivity index is 1.38. The summed E-state index contributed by atoms with van der Waals surface area (Å²) in [4.78, 5) is 14.7. The second kappa shape index (κ2) is 10.4. The van der Waals surface area contributed by atoms with E-state index in [0.717, 1.165) is 42.4 Å². The fraction of sp³-hybridized carbons (Fsp3) is 0.682. The second-order valence-electron chi connectivity index (χ2n) is 8.71. The number of hydrogen-bond acceptors (Lipinski definition) is 6. The summed E-state index contributed by atoms with van der Waals surface area (Å²) in [6.45, 7) is 5.66. The van der Waals surface area contributed by atoms with Crippen LogP contribution >= 0.6 is 11.8 Å². The van der Waals surface area contributed by atoms with Crippen LogP contribution in [0.2, 0.25) is 0 Å². The molecule has 1 saturated heterocycles. The average Bonchev–Trinajstić information content (AvgIpc) is 3.43. The van der Waals surface area contributed by atoms with E-state index in [1.165, 1.54) is 56.7 Å². The maximum absolute atomic E-state index is 12.4. The minimum absolute atomic E-state index is 0.0754. The molecule has 7 nitrogen and oxygen atoms in total. The van der Waals surface area contributed by atoms with E-state index in [-0.39, 0.29) is 5.91 Å². The number of rotatable bonds is 8. The van der Waals surface area contributed by atoms with Crippen LogP contribution in [0.3, 0.4) is 0 Å². The first kappa shape index (κ1) is 21.3. The number of piperidine rings is 1. The van der Waals surface area contributed by atoms with Crippen molar-refractivity contribution in [1.82, 2.24) is 20.1 Å². The fourth-order valence-electron chi connectivity index (χ4n) is 4.36. The van der Waals surface area contributed by atoms with Crippen LogP contribution in [0.1, 0.15) is 57.6 Å². The minimum Gasteiger partial charge on any atom is -0.467 e. The van der Waals surface area contributed by atoms with Crippen LogP contribution in [-0.4, -0.2) is 46.1 Å². The Morgan fingerprint density at radius 3 is 2.73 bits per heavy atom. The largest absolute Gasteiger partial charge is 0.467 e. The van der Waals surface area contributed by atoms with Gasteiger partial charge in [0.2, 0.25) is 11.9 Å². The Morgan fingerprint density at radius 1 is 1.20 bits per heavy atom. The fourth-order valence-corrected chi connectivity index (χ4v) is 5.12. The number of carbonyl (C=O) groups is 1. The number of thioether (sulfide) groups is 1. The van der Waals surface area contributed by atoms with Crippen LogP contribution in [0.15, 0.2) is 28.0 Å². The molecule has 0 bridgehead atoms. The molecule has 2 aliphatic rings. The van der Waals surface area contributed by atoms with Crippen molar-refractivity contribution in [3.63, 3.8) is 0 Å². The van der Waals surface area contributed by atoms with E-state index in [2.05, 4.69) is 31.9 Å². The molecule has 1 saturated carbocycles. The summed E-state index contributed by atoms with van der Waals surface area (Å²) < 4.78 is 7.66. The maximum atomic E-state index is 12.4. The highest BCUT2D eigenvalue weighted by atomic mass is 32.2. The van der Waals surface area contributed by atoms with Gasteiger partial charge in [0.05, 0.1) is 18.6 Å². The van der Waals surface area contributed by atoms with Gasteiger partial charge in [-0.2, -0.15) is 0 Å². The summed E-state index contributed by atoms with van der Waals surface area (Å²) >= 11 is 1.46. The van der Waals surface area contributed by atoms with Crippen molar-refractivity contribution >= 4 is 23.6 Å². The molecule has 2 aromatic rings. The van der Waals surface area contributed by atoms with E-state index in [4.69, 9.17) is 4.42 Å². The van der Waals surface area contributed by atoms with Crippen molar-refractivity contribution in [3.05, 3.63) is 24.2 Å². The Bertz CT molecular complexity index is 793. The molecule has 4 rings (SSSR count). The van der Waals surface area contributed by atoms with Gasteiger partial charge < -0.3 is 14.6 Å². The molecule has 0 aromatic carbocycles. The predicted octanol–water partition coefficient (Wildman–Crippen LogP) is 3.94. The molecule has 2 aromatic heterocycles. The number of nitrogens with zero attached hydrogens (tertiary/aromatic N) is 4. The van der Waals surface area contributed by atoms with Crippen LogP contribution in [0, 0.1) is 11.8 Å². The minimum atomic E-state index is 0.0754. The van der Waals surface area contributed by atoms with E-state index in [0.29, 0.717) is 18.2 Å². The van der Waals surface area contributed by atoms with Gasteiger partial charge in [0.25, 0.3) is 0 Å². The Kier molecular flexibility index (Phi) is 7.36. The van der Waals surface area contributed by atoms with Gasteiger partial charge in [-0.1, -0.05) is 37.9 Å². The first-order valence-corrected chi connectivity index (χ1v) is 12.3. The zero-order valence-electron chi connectivity index (χ0n) is 17.9. The molecule has 0 spiro atoms. The highest BCUT2D eigenvalue weighted by Crippen LogP contribution is 2.27. The van der Waals surface area contributed by atoms with Gasteiger partial charge in [0.15, 0.2) is 5.16 Å². The lowest BCUT2D eigenvalue weighted by Gasteiger charge is -2.31. The molecule has 1 aliphatic carbocycles. The average molecular weight is 432 g/mol. The monoisotopic (exact) mass is 431 g/mol. The lowest BCUT2D eigenvalue weighted by molar-refractivity contribution is -0.118. The van der Waals surface area contributed by atoms with Crippen molar-refractivity contribution in [2.45, 2.75) is 63.6 Å². The Morgan fingerprint density at radius 2 is 2.00 bits per heavy atom. The van der Waals surface area contributed by atoms with Crippen molar-refractivity contribution < 1.29 is 9.21 Å². The van der Waals surface area contributed by atoms with Crippen LogP contribution in [-0.2, 0) is 11.3 Å². The topological polar surface area (TPSA) is 76.2 Å². The van der Waals surface area contributed by atoms with Crippen molar-refractivity contribution in [3.8, 4) is 0 Å². The molecular formula is C22H33N5O2S. The van der Waals surface area contributed by atoms with Gasteiger partial charge in [0, 0.05) is 19.6 Å². The quantitative estimate of drug-likeness (QED) is 0.638. The molecule has 164 valence electrons. The number of aromatic nitrogens is 3. The normalized spacial score (nSPS) is 18.6. The van der Waals surface area contributed by atoms with Crippen molar-refractivity contribution in [2.24, 2.45) is 11.8 Å². The number of nitrogens with one attached hydrogen (secondary N) is 1. The summed E-state index contributed by atoms with van der Waals surface area (Å²) in [5, 5.41) is 12.8. The maximum Gasteiger partial charge on any atom is 0.230 e. The predicted molar refractivity (Wildman–Crippen MR) is 119 cm³/mol. The van der Waals surface area contributed by atoms with E-state index < -0.39 is 0 Å². The third-order valence-corrected chi connectivity index (χ3v) is 7.27. The number of hydrogen-bond donors (Lipinski definition) is 1. The van der Waals surface area contributed by atoms with Crippen LogP contribution < -0.4 is 10.2 Å². The molecule has 2 fully saturated rings. The van der Waals surface area contributed by atoms with Crippen LogP contribution in [0.25, 0.3) is 0 Å². The zero-order chi connectivity index (χ0) is 20.8. The highest BCUT2D eigenvalue weighted by Gasteiger charge is 2.24. The molecule has 0 unspecified atom stereocenters. The van der Waals surface area contributed by atoms with Gasteiger partial charge in [-0.15, -0.1) is 10.2 Å². The van der Waals surface area contributed by atoms with Crippen LogP contribution in [0.4, 0.5) is 5.95 Å². The lowest BCUT2D eigenvalue weighted by Crippen LogP contribution is -2.35. The molecular weight excluding hydrogens is 398 g/mol. The van der Waals surface area contributed by atoms with Crippen LogP contribution in [0.5, 0.6) is 0 Å². The molecule has 30 heavy (non-hydrogen) atoms. The van der Waals surface area contributed by atoms with E-state index in [1.54, 1.807) is 6.26 Å². The molecule has 1 aliphatic heterocycles. The van der Waals surface area contributed by atoms with E-state index in [1.807, 2.05) is 12.1 Å². The van der Waals surface area contributed by atoms with Crippen molar-refractivity contribution in [1.29, 1.82) is 0 Å². The third-order valence-electron chi connectivity index (χ3n) is 6.30. The summed E-state index contributed by atoms with van der Waals surface area (Å²) in [7, 11) is 0. The number of anilines is 1. The van der Waals surface area contributed by atoms with Crippen molar-refractivity contribution in [2.75, 3.05) is 30.3 Å². The number of carbonyl (C=O) groups excluding carboxylic acids is 1. The van der Waals surface area contributed by atoms with Gasteiger partial charge in [-0.25, -0.2) is 0 Å². The first-order valence-electron chi connectivity index (χ1n) is 11.3. The summed E-state index contributed by atoms with van der Waals surface area (Å²) in [5.74, 6) is 3.58. The smallest absolute Gasteiger partial charge is 0.230 e. The van der Waals surface area contributed by atoms with E-state index >= 15 is 0 Å². The van der Waals surface area contributed by atoms with E-state index in [9.17, 15) is 4.79 Å². The first-order chi connectivity index (χ1) is 14.7. The zero-order valence-corrected chi connectivity index (χ0v) is 18.7. The standard InChI is InChI=1S/C22H33N5O2S/c1-17-9-11-26(12-10-17)21-24-25-22(27(21)15-19-8-5-13-29-19)30-16-20(28)23-14-18-6-3-2-4-7-18/h5,8,13,17-18H,2-4,6-7,9-12,14-16H2,1H3,(H,23,28). The molecule has 1 N–H and O–H groups in total.